The zero-order valence-electron chi connectivity index (χ0n) is 18.2. The van der Waals surface area contributed by atoms with Crippen LogP contribution < -0.4 is 4.74 Å². The van der Waals surface area contributed by atoms with Crippen molar-refractivity contribution in [2.45, 2.75) is 32.2 Å². The summed E-state index contributed by atoms with van der Waals surface area (Å²) in [5.74, 6) is 0.852. The molecule has 0 bridgehead atoms. The number of rotatable bonds is 10. The first-order valence-electron chi connectivity index (χ1n) is 10.7. The first-order chi connectivity index (χ1) is 14.0. The van der Waals surface area contributed by atoms with E-state index in [0.717, 1.165) is 51.6 Å². The fraction of sp³-hybridized carbons (Fsp3) is 0.727. The molecule has 7 heteroatoms. The van der Waals surface area contributed by atoms with Crippen molar-refractivity contribution in [1.82, 2.24) is 14.7 Å². The lowest BCUT2D eigenvalue weighted by Crippen LogP contribution is -2.43. The van der Waals surface area contributed by atoms with E-state index in [4.69, 9.17) is 9.47 Å². The molecule has 1 aromatic rings. The molecule has 166 valence electrons. The molecule has 2 rings (SSSR count). The van der Waals surface area contributed by atoms with Gasteiger partial charge >= 0.3 is 0 Å². The minimum atomic E-state index is -0.347. The van der Waals surface area contributed by atoms with Crippen LogP contribution in [0.4, 0.5) is 0 Å². The van der Waals surface area contributed by atoms with Gasteiger partial charge < -0.3 is 19.7 Å². The highest BCUT2D eigenvalue weighted by atomic mass is 16.5. The van der Waals surface area contributed by atoms with Crippen LogP contribution >= 0.6 is 0 Å². The van der Waals surface area contributed by atoms with Crippen molar-refractivity contribution in [2.24, 2.45) is 0 Å². The van der Waals surface area contributed by atoms with E-state index in [-0.39, 0.29) is 18.3 Å². The Hall–Kier alpha value is -1.22. The molecule has 1 aliphatic heterocycles. The number of benzene rings is 1. The number of nitrogens with zero attached hydrogens (tertiary/aromatic N) is 3. The molecule has 0 radical (unpaired) electrons. The van der Waals surface area contributed by atoms with Crippen molar-refractivity contribution in [1.29, 1.82) is 0 Å². The number of aliphatic hydroxyl groups excluding tert-OH is 2. The molecule has 7 nitrogen and oxygen atoms in total. The fourth-order valence-electron chi connectivity index (χ4n) is 3.67. The van der Waals surface area contributed by atoms with E-state index in [1.54, 1.807) is 7.11 Å². The molecule has 29 heavy (non-hydrogen) atoms. The van der Waals surface area contributed by atoms with Gasteiger partial charge in [-0.1, -0.05) is 18.2 Å². The second kappa shape index (κ2) is 13.2. The molecule has 1 aliphatic rings. The second-order valence-corrected chi connectivity index (χ2v) is 8.08. The maximum atomic E-state index is 9.83. The average molecular weight is 410 g/mol. The van der Waals surface area contributed by atoms with Gasteiger partial charge in [0.2, 0.25) is 0 Å². The summed E-state index contributed by atoms with van der Waals surface area (Å²) in [7, 11) is 1.73. The van der Waals surface area contributed by atoms with Crippen LogP contribution in [0.3, 0.4) is 0 Å². The predicted molar refractivity (Wildman–Crippen MR) is 115 cm³/mol. The number of hydrogen-bond donors (Lipinski definition) is 2. The Kier molecular flexibility index (Phi) is 10.9. The molecular formula is C22H39N3O4. The van der Waals surface area contributed by atoms with Crippen LogP contribution in [0.5, 0.6) is 5.75 Å². The van der Waals surface area contributed by atoms with Gasteiger partial charge in [-0.15, -0.1) is 0 Å². The lowest BCUT2D eigenvalue weighted by atomic mass is 10.3. The largest absolute Gasteiger partial charge is 0.491 e. The van der Waals surface area contributed by atoms with Crippen LogP contribution in [0.15, 0.2) is 30.3 Å². The van der Waals surface area contributed by atoms with E-state index in [9.17, 15) is 10.2 Å². The molecule has 0 amide bonds. The highest BCUT2D eigenvalue weighted by Crippen LogP contribution is 2.10. The van der Waals surface area contributed by atoms with Crippen LogP contribution in [0.25, 0.3) is 0 Å². The smallest absolute Gasteiger partial charge is 0.119 e. The number of hydrogen-bond acceptors (Lipinski definition) is 7. The van der Waals surface area contributed by atoms with Crippen molar-refractivity contribution >= 4 is 0 Å². The van der Waals surface area contributed by atoms with Crippen LogP contribution in [0, 0.1) is 0 Å². The summed E-state index contributed by atoms with van der Waals surface area (Å²) in [4.78, 5) is 7.01. The molecule has 1 heterocycles. The third kappa shape index (κ3) is 9.89. The maximum Gasteiger partial charge on any atom is 0.119 e. The van der Waals surface area contributed by atoms with E-state index >= 15 is 0 Å². The molecule has 0 aliphatic carbocycles. The minimum absolute atomic E-state index is 0.0219. The zero-order chi connectivity index (χ0) is 21.1. The Morgan fingerprint density at radius 2 is 1.24 bits per heavy atom. The monoisotopic (exact) mass is 409 g/mol. The molecule has 1 unspecified atom stereocenters. The SMILES string of the molecule is COC(COc1ccccc1)CN1CCN(C[C@H](C)O)CCN(C[C@H](C)O)CC1. The van der Waals surface area contributed by atoms with Crippen molar-refractivity contribution < 1.29 is 19.7 Å². The van der Waals surface area contributed by atoms with E-state index in [1.165, 1.54) is 0 Å². The molecule has 1 saturated heterocycles. The van der Waals surface area contributed by atoms with Crippen molar-refractivity contribution in [3.63, 3.8) is 0 Å². The van der Waals surface area contributed by atoms with Gasteiger partial charge in [-0.25, -0.2) is 0 Å². The van der Waals surface area contributed by atoms with Gasteiger partial charge in [0.1, 0.15) is 18.5 Å². The lowest BCUT2D eigenvalue weighted by Gasteiger charge is -2.29. The molecular weight excluding hydrogens is 370 g/mol. The quantitative estimate of drug-likeness (QED) is 0.591. The van der Waals surface area contributed by atoms with E-state index in [1.807, 2.05) is 44.2 Å². The third-order valence-electron chi connectivity index (χ3n) is 5.22. The molecule has 0 spiro atoms. The normalized spacial score (nSPS) is 21.0. The molecule has 3 atom stereocenters. The van der Waals surface area contributed by atoms with Crippen molar-refractivity contribution in [3.05, 3.63) is 30.3 Å². The van der Waals surface area contributed by atoms with Gasteiger partial charge in [-0.05, 0) is 26.0 Å². The Morgan fingerprint density at radius 1 is 0.793 bits per heavy atom. The van der Waals surface area contributed by atoms with Gasteiger partial charge in [0.25, 0.3) is 0 Å². The maximum absolute atomic E-state index is 9.83. The number of β-amino-alcohol motifs (C(OH)–C–C–N with tert-alkyl or cyclic N) is 2. The summed E-state index contributed by atoms with van der Waals surface area (Å²) in [6.45, 7) is 11.7. The number of aliphatic hydroxyl groups is 2. The zero-order valence-corrected chi connectivity index (χ0v) is 18.2. The predicted octanol–water partition coefficient (Wildman–Crippen LogP) is 0.762. The van der Waals surface area contributed by atoms with Crippen LogP contribution in [-0.4, -0.2) is 116 Å². The average Bonchev–Trinajstić information content (AvgIpc) is 2.77. The number of ether oxygens (including phenoxy) is 2. The van der Waals surface area contributed by atoms with Gasteiger partial charge in [0.15, 0.2) is 0 Å². The van der Waals surface area contributed by atoms with Crippen LogP contribution in [0.2, 0.25) is 0 Å². The van der Waals surface area contributed by atoms with E-state index in [0.29, 0.717) is 19.7 Å². The van der Waals surface area contributed by atoms with Gasteiger partial charge in [-0.3, -0.25) is 14.7 Å². The number of para-hydroxylation sites is 1. The third-order valence-corrected chi connectivity index (χ3v) is 5.22. The second-order valence-electron chi connectivity index (χ2n) is 8.08. The summed E-state index contributed by atoms with van der Waals surface area (Å²) in [6.07, 6.45) is -0.716. The lowest BCUT2D eigenvalue weighted by molar-refractivity contribution is 0.0256. The molecule has 2 N–H and O–H groups in total. The molecule has 0 saturated carbocycles. The van der Waals surface area contributed by atoms with Crippen molar-refractivity contribution in [2.75, 3.05) is 72.6 Å². The molecule has 1 aromatic carbocycles. The van der Waals surface area contributed by atoms with E-state index in [2.05, 4.69) is 14.7 Å². The summed E-state index contributed by atoms with van der Waals surface area (Å²) in [5.41, 5.74) is 0. The Balaban J connectivity index is 1.94. The van der Waals surface area contributed by atoms with Gasteiger partial charge in [0, 0.05) is 66.0 Å². The first kappa shape index (κ1) is 24.1. The minimum Gasteiger partial charge on any atom is -0.491 e. The standard InChI is InChI=1S/C22H39N3O4/c1-19(26)15-23-9-10-24(16-20(2)27)12-14-25(13-11-23)17-22(28-3)18-29-21-7-5-4-6-8-21/h4-8,19-20,22,26-27H,9-18H2,1-3H3/t19-,20-,22?/m0/s1. The Morgan fingerprint density at radius 3 is 1.66 bits per heavy atom. The van der Waals surface area contributed by atoms with Gasteiger partial charge in [0.05, 0.1) is 12.2 Å². The topological polar surface area (TPSA) is 68.6 Å². The number of methoxy groups -OCH3 is 1. The summed E-state index contributed by atoms with van der Waals surface area (Å²) in [6, 6.07) is 9.81. The van der Waals surface area contributed by atoms with E-state index < -0.39 is 0 Å². The van der Waals surface area contributed by atoms with Crippen molar-refractivity contribution in [3.8, 4) is 5.75 Å². The fourth-order valence-corrected chi connectivity index (χ4v) is 3.67. The molecule has 1 fully saturated rings. The van der Waals surface area contributed by atoms with Crippen LogP contribution in [0.1, 0.15) is 13.8 Å². The highest BCUT2D eigenvalue weighted by Gasteiger charge is 2.21. The highest BCUT2D eigenvalue weighted by molar-refractivity contribution is 5.20. The summed E-state index contributed by atoms with van der Waals surface area (Å²) < 4.78 is 11.6. The first-order valence-corrected chi connectivity index (χ1v) is 10.7. The summed E-state index contributed by atoms with van der Waals surface area (Å²) >= 11 is 0. The Bertz CT molecular complexity index is 522. The summed E-state index contributed by atoms with van der Waals surface area (Å²) in [5, 5.41) is 19.7. The Labute approximate surface area is 175 Å². The molecule has 0 aromatic heterocycles. The van der Waals surface area contributed by atoms with Crippen LogP contribution in [-0.2, 0) is 4.74 Å². The van der Waals surface area contributed by atoms with Gasteiger partial charge in [-0.2, -0.15) is 0 Å².